The molecule has 4 heterocycles. The van der Waals surface area contributed by atoms with Gasteiger partial charge in [-0.1, -0.05) is 64.8 Å². The number of nitrogens with one attached hydrogen (secondary N) is 15. The molecule has 2 aromatic carbocycles. The molecule has 6 rings (SSSR count). The van der Waals surface area contributed by atoms with Crippen molar-refractivity contribution >= 4 is 128 Å². The van der Waals surface area contributed by atoms with Crippen LogP contribution in [0.15, 0.2) is 61.7 Å². The summed E-state index contributed by atoms with van der Waals surface area (Å²) in [5, 5.41) is 49.2. The highest BCUT2D eigenvalue weighted by molar-refractivity contribution is 8.00. The molecule has 53 heteroatoms. The van der Waals surface area contributed by atoms with E-state index in [2.05, 4.69) is 97.4 Å². The average molecular weight is 2200 g/mol. The number of nitriles is 1. The van der Waals surface area contributed by atoms with E-state index in [0.717, 1.165) is 56.1 Å². The fraction of sp³-hybridized carbons (Fsp3) is 0.670. The number of hydrogen-bond acceptors (Lipinski definition) is 30. The number of nitrogens with two attached hydrogens (primary N) is 3. The predicted molar refractivity (Wildman–Crippen MR) is 556 cm³/mol. The van der Waals surface area contributed by atoms with Gasteiger partial charge in [0.25, 0.3) is 0 Å². The number of fused-ring (bicyclic) bond motifs is 2. The molecule has 150 heavy (non-hydrogen) atoms. The van der Waals surface area contributed by atoms with Crippen LogP contribution in [0.25, 0.3) is 0 Å². The first-order chi connectivity index (χ1) is 71.3. The Balaban J connectivity index is 0.000000617. The van der Waals surface area contributed by atoms with Crippen molar-refractivity contribution in [3.63, 3.8) is 0 Å². The molecule has 0 aromatic heterocycles. The number of hydrogen-bond donors (Lipinski definition) is 20. The molecule has 2 aromatic rings. The van der Waals surface area contributed by atoms with Gasteiger partial charge in [-0.3, -0.25) is 76.4 Å². The minimum absolute atomic E-state index is 0.0182. The molecule has 0 radical (unpaired) electrons. The van der Waals surface area contributed by atoms with Crippen LogP contribution in [-0.4, -0.2) is 292 Å². The molecular formula is C97H157F2N19O28P2S2. The van der Waals surface area contributed by atoms with Gasteiger partial charge in [0.2, 0.25) is 70.9 Å². The number of primary amides is 2. The Labute approximate surface area is 883 Å². The number of urea groups is 2. The zero-order valence-corrected chi connectivity index (χ0v) is 90.4. The van der Waals surface area contributed by atoms with Gasteiger partial charge in [-0.05, 0) is 152 Å². The first-order valence-electron chi connectivity index (χ1n) is 50.4. The SMILES string of the molecule is C=CCOP(=O)(OCC=C)Oc1ccc(CC(NC(=O)C(CCCCNC(=O)OC(C)(C)C)NC(=O)CCC(=O)NCCOCCOCCNC(=O)CCCCC2SC[C@H]3NC(=O)N[C@@H]23)C(=O)NC(CC(C)C)C(N)=O)cc1CF.CC#N.CC(C)CC(NC(=O)C(Cc1ccc(OP(=O)(O)O)c(CF)c1)NC(=O)C(CCCCN)NC(=O)CCC(=O)NCCOCCOCCNC(=O)CCCCC1SC[C@H]2NC(=O)N[C@@H]12)C(N)=O. The molecule has 17 amide bonds. The summed E-state index contributed by atoms with van der Waals surface area (Å²) in [4.78, 5) is 210. The molecular weight excluding hydrogens is 2040 g/mol. The van der Waals surface area contributed by atoms with Crippen molar-refractivity contribution in [1.29, 1.82) is 5.26 Å². The van der Waals surface area contributed by atoms with Crippen molar-refractivity contribution < 1.29 is 141 Å². The normalized spacial score (nSPS) is 17.1. The van der Waals surface area contributed by atoms with E-state index in [1.54, 1.807) is 26.8 Å². The maximum absolute atomic E-state index is 14.6. The fourth-order valence-corrected chi connectivity index (χ4v) is 20.2. The zero-order valence-electron chi connectivity index (χ0n) is 87.0. The third-order valence-corrected chi connectivity index (χ3v) is 27.5. The number of unbranched alkanes of at least 4 members (excludes halogenated alkanes) is 4. The highest BCUT2D eigenvalue weighted by atomic mass is 32.2. The quantitative estimate of drug-likeness (QED) is 0.0186. The summed E-state index contributed by atoms with van der Waals surface area (Å²) in [6.45, 7) is 21.6. The highest BCUT2D eigenvalue weighted by Crippen LogP contribution is 2.51. The number of carbonyl (C=O) groups excluding carboxylic acids is 15. The van der Waals surface area contributed by atoms with Crippen LogP contribution in [0.2, 0.25) is 0 Å². The molecule has 0 bridgehead atoms. The summed E-state index contributed by atoms with van der Waals surface area (Å²) in [5.41, 5.74) is 16.3. The van der Waals surface area contributed by atoms with Crippen molar-refractivity contribution in [3.8, 4) is 17.6 Å². The van der Waals surface area contributed by atoms with Crippen LogP contribution in [0.4, 0.5) is 23.2 Å². The topological polar surface area (TPSA) is 696 Å². The minimum atomic E-state index is -5.03. The van der Waals surface area contributed by atoms with E-state index < -0.39 is 142 Å². The van der Waals surface area contributed by atoms with Crippen LogP contribution < -0.4 is 106 Å². The number of amides is 17. The van der Waals surface area contributed by atoms with Crippen molar-refractivity contribution in [2.45, 2.75) is 287 Å². The largest absolute Gasteiger partial charge is 0.530 e. The Morgan fingerprint density at radius 3 is 1.21 bits per heavy atom. The molecule has 844 valence electrons. The Bertz CT molecular complexity index is 4760. The van der Waals surface area contributed by atoms with E-state index >= 15 is 0 Å². The number of thioether (sulfide) groups is 2. The number of alkyl carbamates (subject to hydrolysis) is 1. The summed E-state index contributed by atoms with van der Waals surface area (Å²) in [7, 11) is -9.32. The number of alkyl halides is 2. The number of phosphoric ester groups is 2. The monoisotopic (exact) mass is 2200 g/mol. The van der Waals surface area contributed by atoms with Crippen LogP contribution in [0.3, 0.4) is 0 Å². The predicted octanol–water partition coefficient (Wildman–Crippen LogP) is 4.63. The second-order valence-corrected chi connectivity index (χ2v) is 42.7. The number of benzene rings is 2. The van der Waals surface area contributed by atoms with Gasteiger partial charge in [-0.2, -0.15) is 28.8 Å². The van der Waals surface area contributed by atoms with Gasteiger partial charge in [0.1, 0.15) is 66.7 Å². The third-order valence-electron chi connectivity index (χ3n) is 22.7. The van der Waals surface area contributed by atoms with Crippen LogP contribution in [0.1, 0.15) is 206 Å². The molecule has 4 fully saturated rings. The summed E-state index contributed by atoms with van der Waals surface area (Å²) < 4.78 is 101. The first-order valence-corrected chi connectivity index (χ1v) is 55.5. The van der Waals surface area contributed by atoms with Crippen molar-refractivity contribution in [2.24, 2.45) is 29.0 Å². The molecule has 23 N–H and O–H groups in total. The van der Waals surface area contributed by atoms with Gasteiger partial charge in [-0.15, -0.1) is 13.2 Å². The lowest BCUT2D eigenvalue weighted by Gasteiger charge is -2.26. The van der Waals surface area contributed by atoms with Crippen molar-refractivity contribution in [1.82, 2.24) is 79.8 Å². The summed E-state index contributed by atoms with van der Waals surface area (Å²) in [6.07, 6.45) is 8.46. The van der Waals surface area contributed by atoms with Gasteiger partial charge >= 0.3 is 33.8 Å². The Kier molecular flexibility index (Phi) is 63.6. The number of rotatable bonds is 75. The second kappa shape index (κ2) is 72.6. The highest BCUT2D eigenvalue weighted by Gasteiger charge is 2.45. The molecule has 4 aliphatic rings. The molecule has 47 nitrogen and oxygen atoms in total. The summed E-state index contributed by atoms with van der Waals surface area (Å²) in [5.74, 6) is -6.06. The van der Waals surface area contributed by atoms with E-state index in [4.69, 9.17) is 59.7 Å². The summed E-state index contributed by atoms with van der Waals surface area (Å²) in [6, 6.07) is 2.41. The smallest absolute Gasteiger partial charge is 0.444 e. The van der Waals surface area contributed by atoms with E-state index in [1.165, 1.54) is 49.4 Å². The van der Waals surface area contributed by atoms with Crippen LogP contribution in [0.5, 0.6) is 11.5 Å². The fourth-order valence-electron chi connectivity index (χ4n) is 15.5. The van der Waals surface area contributed by atoms with Gasteiger partial charge in [0, 0.05) is 124 Å². The molecule has 0 saturated carbocycles. The second-order valence-electron chi connectivity index (χ2n) is 37.4. The van der Waals surface area contributed by atoms with Crippen LogP contribution >= 0.6 is 39.2 Å². The number of ether oxygens (including phenoxy) is 5. The minimum Gasteiger partial charge on any atom is -0.444 e. The zero-order chi connectivity index (χ0) is 111. The molecule has 12 atom stereocenters. The molecule has 0 aliphatic carbocycles. The lowest BCUT2D eigenvalue weighted by molar-refractivity contribution is -0.133. The van der Waals surface area contributed by atoms with E-state index in [0.29, 0.717) is 81.0 Å². The standard InChI is InChI=1S/C53H85FN9O15PS.C42H69FN9O13PS.C2H3N/c1-8-24-75-79(72,76-25-9-2)78-42-18-17-36(31-37(42)33-54)32-40(50(69)60-39(48(55)67)30-35(3)4)61-49(68)38(14-12-13-21-58-52(71)77-53(5,6)7)59-46(66)20-19-45(65)57-23-27-74-29-28-73-26-22-56-44(64)16-11-10-15-43-47-41(34-80-43)62-51(70)63-47;1-26(2)21-30(39(45)56)49-41(58)31(23-27-10-11-33(28(22-27)24-43)65-66(60,61)62)50-40(57)29(7-5-6-14-44)48-37(55)13-12-36(54)47-16-18-64-20-19-63-17-15-46-35(53)9-4-3-8-34-38-32(25-67-34)51-42(59)52-38;1-2-3/h8-9,17-18,31,35,38-41,43,47H,1-2,10-16,19-30,32-34H2,3-7H3,(H2,55,67)(H,56,64)(H,57,65)(H,58,71)(H,59,66)(H,60,69)(H,61,68)(H2,62,63,70);10-11,22,26,29-32,34,38H,3-9,12-21,23-25,44H2,1-2H3,(H2,45,56)(H,46,53)(H,47,54)(H,48,55)(H,49,58)(H,50,57)(H2,51,52,59)(H2,60,61,62);1H3/t38?,39?,40?,41-,43?,47-;29?,30?,31?,32-,34?,38-;/m11./s1. The van der Waals surface area contributed by atoms with Gasteiger partial charge in [0.15, 0.2) is 0 Å². The van der Waals surface area contributed by atoms with Crippen molar-refractivity contribution in [3.05, 3.63) is 84.0 Å². The third kappa shape index (κ3) is 55.9. The molecule has 4 aliphatic heterocycles. The Hall–Kier alpha value is -10.9. The number of halogens is 2. The van der Waals surface area contributed by atoms with E-state index in [-0.39, 0.29) is 225 Å². The van der Waals surface area contributed by atoms with Gasteiger partial charge in [0.05, 0.1) is 96.3 Å². The first kappa shape index (κ1) is 131. The molecule has 0 spiro atoms. The number of nitrogens with zero attached hydrogens (tertiary/aromatic N) is 1. The lowest BCUT2D eigenvalue weighted by atomic mass is 9.99. The maximum atomic E-state index is 14.6. The van der Waals surface area contributed by atoms with Gasteiger partial charge in [-0.25, -0.2) is 32.3 Å². The van der Waals surface area contributed by atoms with Crippen LogP contribution in [0, 0.1) is 23.2 Å². The van der Waals surface area contributed by atoms with E-state index in [9.17, 15) is 99.6 Å². The number of carbonyl (C=O) groups is 15. The average Bonchev–Trinajstić information content (AvgIpc) is 1.64. The molecule has 8 unspecified atom stereocenters. The van der Waals surface area contributed by atoms with Crippen molar-refractivity contribution in [2.75, 3.05) is 117 Å². The lowest BCUT2D eigenvalue weighted by Crippen LogP contribution is -2.57. The number of phosphoric acid groups is 2. The molecule has 4 saturated heterocycles. The summed E-state index contributed by atoms with van der Waals surface area (Å²) >= 11 is 3.70. The van der Waals surface area contributed by atoms with Crippen LogP contribution in [-0.2, 0) is 126 Å². The maximum Gasteiger partial charge on any atom is 0.530 e. The Morgan fingerprint density at radius 2 is 0.853 bits per heavy atom. The van der Waals surface area contributed by atoms with E-state index in [1.807, 2.05) is 51.2 Å². The Morgan fingerprint density at radius 1 is 0.493 bits per heavy atom. The van der Waals surface area contributed by atoms with Gasteiger partial charge < -0.3 is 130 Å².